The van der Waals surface area contributed by atoms with Crippen molar-refractivity contribution >= 4 is 16.4 Å². The molecule has 0 saturated carbocycles. The van der Waals surface area contributed by atoms with Gasteiger partial charge in [-0.25, -0.2) is 0 Å². The Balaban J connectivity index is 3.28. The second kappa shape index (κ2) is 5.29. The summed E-state index contributed by atoms with van der Waals surface area (Å²) in [6, 6.07) is 0. The summed E-state index contributed by atoms with van der Waals surface area (Å²) >= 11 is 0. The minimum absolute atomic E-state index is 0.875. The Labute approximate surface area is 85.2 Å². The lowest BCUT2D eigenvalue weighted by atomic mass is 10.7. The van der Waals surface area contributed by atoms with E-state index in [0.29, 0.717) is 0 Å². The third kappa shape index (κ3) is 12.4. The van der Waals surface area contributed by atoms with Gasteiger partial charge in [-0.1, -0.05) is 19.6 Å². The molecule has 0 spiro atoms. The fourth-order valence-corrected chi connectivity index (χ4v) is 2.53. The van der Waals surface area contributed by atoms with Gasteiger partial charge in [0.15, 0.2) is 8.32 Å². The predicted octanol–water partition coefficient (Wildman–Crippen LogP) is 2.30. The van der Waals surface area contributed by atoms with Crippen LogP contribution in [0, 0.1) is 0 Å². The molecule has 0 amide bonds. The molecule has 0 heterocycles. The van der Waals surface area contributed by atoms with E-state index in [9.17, 15) is 0 Å². The Morgan fingerprint density at radius 1 is 1.00 bits per heavy atom. The van der Waals surface area contributed by atoms with Crippen molar-refractivity contribution in [3.05, 3.63) is 0 Å². The molecule has 0 aliphatic rings. The van der Waals surface area contributed by atoms with Crippen molar-refractivity contribution in [3.63, 3.8) is 0 Å². The molecule has 0 radical (unpaired) electrons. The molecule has 0 aromatic heterocycles. The monoisotopic (exact) mass is 219 g/mol. The molecule has 80 valence electrons. The summed E-state index contributed by atoms with van der Waals surface area (Å²) < 4.78 is 5.74. The molecule has 1 N–H and O–H groups in total. The van der Waals surface area contributed by atoms with Crippen LogP contribution < -0.4 is 5.32 Å². The highest BCUT2D eigenvalue weighted by Gasteiger charge is 2.14. The van der Waals surface area contributed by atoms with Crippen LogP contribution in [-0.4, -0.2) is 35.7 Å². The molecule has 0 aliphatic carbocycles. The quantitative estimate of drug-likeness (QED) is 0.547. The molecule has 13 heavy (non-hydrogen) atoms. The molecule has 0 bridgehead atoms. The van der Waals surface area contributed by atoms with Gasteiger partial charge in [-0.15, -0.1) is 0 Å². The van der Waals surface area contributed by atoms with Crippen LogP contribution in [0.5, 0.6) is 0 Å². The topological polar surface area (TPSA) is 21.3 Å². The maximum absolute atomic E-state index is 5.74. The van der Waals surface area contributed by atoms with Gasteiger partial charge in [0, 0.05) is 13.2 Å². The Hall–Kier alpha value is 0.354. The summed E-state index contributed by atoms with van der Waals surface area (Å²) in [6.07, 6.45) is 1.20. The summed E-state index contributed by atoms with van der Waals surface area (Å²) in [7, 11) is -2.19. The SMILES string of the molecule is C[Si](C)(C)CNCCO[Si](C)(C)C. The van der Waals surface area contributed by atoms with Crippen molar-refractivity contribution in [3.8, 4) is 0 Å². The lowest BCUT2D eigenvalue weighted by molar-refractivity contribution is 0.311. The van der Waals surface area contributed by atoms with E-state index in [1.54, 1.807) is 0 Å². The third-order valence-corrected chi connectivity index (χ3v) is 3.85. The molecule has 0 saturated heterocycles. The summed E-state index contributed by atoms with van der Waals surface area (Å²) in [6.45, 7) is 15.7. The van der Waals surface area contributed by atoms with E-state index in [2.05, 4.69) is 44.6 Å². The first-order valence-corrected chi connectivity index (χ1v) is 12.2. The summed E-state index contributed by atoms with van der Waals surface area (Å²) in [4.78, 5) is 0. The summed E-state index contributed by atoms with van der Waals surface area (Å²) in [5.41, 5.74) is 0. The Kier molecular flexibility index (Phi) is 5.43. The van der Waals surface area contributed by atoms with Crippen LogP contribution in [0.1, 0.15) is 0 Å². The van der Waals surface area contributed by atoms with Crippen LogP contribution in [0.4, 0.5) is 0 Å². The zero-order valence-corrected chi connectivity index (χ0v) is 12.0. The van der Waals surface area contributed by atoms with Gasteiger partial charge in [-0.2, -0.15) is 0 Å². The zero-order valence-electron chi connectivity index (χ0n) is 10.0. The van der Waals surface area contributed by atoms with Crippen molar-refractivity contribution in [2.24, 2.45) is 0 Å². The molecular formula is C9H25NOSi2. The largest absolute Gasteiger partial charge is 0.416 e. The van der Waals surface area contributed by atoms with Gasteiger partial charge >= 0.3 is 0 Å². The van der Waals surface area contributed by atoms with Crippen molar-refractivity contribution in [2.75, 3.05) is 19.3 Å². The lowest BCUT2D eigenvalue weighted by Crippen LogP contribution is -2.39. The van der Waals surface area contributed by atoms with Gasteiger partial charge in [0.2, 0.25) is 0 Å². The van der Waals surface area contributed by atoms with E-state index in [-0.39, 0.29) is 0 Å². The zero-order chi connectivity index (χ0) is 10.5. The van der Waals surface area contributed by atoms with Gasteiger partial charge in [0.25, 0.3) is 0 Å². The van der Waals surface area contributed by atoms with Crippen molar-refractivity contribution < 1.29 is 4.43 Å². The van der Waals surface area contributed by atoms with E-state index in [4.69, 9.17) is 4.43 Å². The molecule has 0 rings (SSSR count). The Morgan fingerprint density at radius 2 is 1.54 bits per heavy atom. The average molecular weight is 219 g/mol. The maximum atomic E-state index is 5.74. The van der Waals surface area contributed by atoms with E-state index < -0.39 is 16.4 Å². The van der Waals surface area contributed by atoms with Crippen LogP contribution >= 0.6 is 0 Å². The highest BCUT2D eigenvalue weighted by Crippen LogP contribution is 2.01. The van der Waals surface area contributed by atoms with Crippen LogP contribution in [0.15, 0.2) is 0 Å². The van der Waals surface area contributed by atoms with E-state index in [1.807, 2.05) is 0 Å². The maximum Gasteiger partial charge on any atom is 0.183 e. The van der Waals surface area contributed by atoms with E-state index in [0.717, 1.165) is 13.2 Å². The predicted molar refractivity (Wildman–Crippen MR) is 65.5 cm³/mol. The molecule has 4 heteroatoms. The first-order valence-electron chi connectivity index (χ1n) is 5.05. The van der Waals surface area contributed by atoms with Crippen LogP contribution in [0.25, 0.3) is 0 Å². The minimum atomic E-state index is -1.28. The molecule has 2 nitrogen and oxygen atoms in total. The van der Waals surface area contributed by atoms with Crippen LogP contribution in [0.3, 0.4) is 0 Å². The van der Waals surface area contributed by atoms with Gasteiger partial charge < -0.3 is 9.74 Å². The molecular weight excluding hydrogens is 194 g/mol. The van der Waals surface area contributed by atoms with Crippen molar-refractivity contribution in [1.82, 2.24) is 5.32 Å². The first-order chi connectivity index (χ1) is 5.71. The van der Waals surface area contributed by atoms with E-state index >= 15 is 0 Å². The number of hydrogen-bond donors (Lipinski definition) is 1. The molecule has 0 aliphatic heterocycles. The number of nitrogens with one attached hydrogen (secondary N) is 1. The average Bonchev–Trinajstić information content (AvgIpc) is 1.81. The van der Waals surface area contributed by atoms with Gasteiger partial charge in [-0.3, -0.25) is 0 Å². The molecule has 0 atom stereocenters. The highest BCUT2D eigenvalue weighted by atomic mass is 28.4. The minimum Gasteiger partial charge on any atom is -0.416 e. The number of rotatable bonds is 6. The highest BCUT2D eigenvalue weighted by molar-refractivity contribution is 6.76. The fourth-order valence-electron chi connectivity index (χ4n) is 0.893. The summed E-state index contributed by atoms with van der Waals surface area (Å²) in [5, 5.41) is 3.46. The second-order valence-corrected chi connectivity index (χ2v) is 15.7. The smallest absolute Gasteiger partial charge is 0.183 e. The van der Waals surface area contributed by atoms with Crippen LogP contribution in [0.2, 0.25) is 39.3 Å². The molecule has 0 fully saturated rings. The fraction of sp³-hybridized carbons (Fsp3) is 1.00. The van der Waals surface area contributed by atoms with Gasteiger partial charge in [-0.05, 0) is 25.8 Å². The standard InChI is InChI=1S/C9H25NOSi2/c1-12(2,3)9-10-7-8-11-13(4,5)6/h10H,7-9H2,1-6H3. The molecule has 0 aromatic rings. The normalized spacial score (nSPS) is 13.4. The molecule has 0 unspecified atom stereocenters. The summed E-state index contributed by atoms with van der Waals surface area (Å²) in [5.74, 6) is 0. The van der Waals surface area contributed by atoms with Gasteiger partial charge in [0.05, 0.1) is 8.07 Å². The molecule has 0 aromatic carbocycles. The number of hydrogen-bond acceptors (Lipinski definition) is 2. The van der Waals surface area contributed by atoms with Crippen molar-refractivity contribution in [1.29, 1.82) is 0 Å². The first kappa shape index (κ1) is 13.4. The second-order valence-electron chi connectivity index (χ2n) is 5.70. The lowest BCUT2D eigenvalue weighted by Gasteiger charge is -2.19. The third-order valence-electron chi connectivity index (χ3n) is 1.47. The Morgan fingerprint density at radius 3 is 1.92 bits per heavy atom. The van der Waals surface area contributed by atoms with E-state index in [1.165, 1.54) is 6.17 Å². The van der Waals surface area contributed by atoms with Crippen LogP contribution in [-0.2, 0) is 4.43 Å². The van der Waals surface area contributed by atoms with Gasteiger partial charge in [0.1, 0.15) is 0 Å². The van der Waals surface area contributed by atoms with Crippen molar-refractivity contribution in [2.45, 2.75) is 39.3 Å². The Bertz CT molecular complexity index is 122.